The van der Waals surface area contributed by atoms with Gasteiger partial charge in [-0.25, -0.2) is 0 Å². The Morgan fingerprint density at radius 1 is 0.377 bits per heavy atom. The van der Waals surface area contributed by atoms with Crippen molar-refractivity contribution in [1.29, 1.82) is 0 Å². The van der Waals surface area contributed by atoms with E-state index < -0.39 is 16.6 Å². The molecule has 2 aromatic rings. The number of benzene rings is 2. The smallest absolute Gasteiger partial charge is 0.251 e. The molecule has 0 spiro atoms. The van der Waals surface area contributed by atoms with Crippen molar-refractivity contribution in [2.75, 3.05) is 0 Å². The van der Waals surface area contributed by atoms with Crippen LogP contribution in [0.2, 0.25) is 36.3 Å². The lowest BCUT2D eigenvalue weighted by Gasteiger charge is -2.40. The summed E-state index contributed by atoms with van der Waals surface area (Å²) >= 11 is 0. The van der Waals surface area contributed by atoms with E-state index in [9.17, 15) is 0 Å². The monoisotopic (exact) mass is 869 g/mol. The number of ketones is 2. The first-order valence-electron chi connectivity index (χ1n) is 25.9. The molecule has 0 N–H and O–H groups in total. The van der Waals surface area contributed by atoms with Crippen molar-refractivity contribution in [3.8, 4) is 0 Å². The van der Waals surface area contributed by atoms with Crippen molar-refractivity contribution in [2.45, 2.75) is 239 Å². The predicted molar refractivity (Wildman–Crippen MR) is 267 cm³/mol. The van der Waals surface area contributed by atoms with Crippen LogP contribution in [-0.4, -0.2) is 28.2 Å². The molecule has 0 saturated carbocycles. The Labute approximate surface area is 376 Å². The van der Waals surface area contributed by atoms with Crippen molar-refractivity contribution in [2.24, 2.45) is 0 Å². The maximum absolute atomic E-state index is 15.4. The van der Waals surface area contributed by atoms with Gasteiger partial charge in [0, 0.05) is 22.3 Å². The molecule has 0 radical (unpaired) electrons. The highest BCUT2D eigenvalue weighted by atomic mass is 28.4. The van der Waals surface area contributed by atoms with Crippen LogP contribution in [-0.2, 0) is 8.85 Å². The zero-order valence-corrected chi connectivity index (χ0v) is 42.4. The van der Waals surface area contributed by atoms with Crippen LogP contribution in [0.1, 0.15) is 233 Å². The minimum Gasteiger partial charge on any atom is -0.543 e. The van der Waals surface area contributed by atoms with Gasteiger partial charge in [-0.1, -0.05) is 238 Å². The second kappa shape index (κ2) is 27.5. The Morgan fingerprint density at radius 3 is 1.03 bits per heavy atom. The van der Waals surface area contributed by atoms with E-state index >= 15 is 9.59 Å². The van der Waals surface area contributed by atoms with Gasteiger partial charge in [0.05, 0.1) is 11.1 Å². The molecule has 0 heterocycles. The molecular formula is C55H88O4Si2. The third kappa shape index (κ3) is 14.7. The van der Waals surface area contributed by atoms with E-state index in [4.69, 9.17) is 8.85 Å². The molecule has 340 valence electrons. The summed E-state index contributed by atoms with van der Waals surface area (Å²) in [5.74, 6) is 1.25. The van der Waals surface area contributed by atoms with Crippen LogP contribution in [0.4, 0.5) is 0 Å². The fraction of sp³-hybridized carbons (Fsp3) is 0.673. The summed E-state index contributed by atoms with van der Waals surface area (Å²) in [6, 6.07) is 20.9. The van der Waals surface area contributed by atoms with Crippen LogP contribution in [0, 0.1) is 6.92 Å². The first kappa shape index (κ1) is 50.9. The highest BCUT2D eigenvalue weighted by Crippen LogP contribution is 2.49. The van der Waals surface area contributed by atoms with Crippen LogP contribution >= 0.6 is 0 Å². The zero-order chi connectivity index (χ0) is 43.9. The maximum Gasteiger partial charge on any atom is 0.251 e. The van der Waals surface area contributed by atoms with Crippen LogP contribution in [0.25, 0.3) is 11.5 Å². The van der Waals surface area contributed by atoms with Crippen LogP contribution < -0.4 is 0 Å². The van der Waals surface area contributed by atoms with Gasteiger partial charge in [-0.3, -0.25) is 9.59 Å². The summed E-state index contributed by atoms with van der Waals surface area (Å²) in [7, 11) is -4.91. The van der Waals surface area contributed by atoms with Gasteiger partial charge in [0.1, 0.15) is 11.5 Å². The lowest BCUT2D eigenvalue weighted by Crippen LogP contribution is -2.41. The zero-order valence-electron chi connectivity index (χ0n) is 40.4. The summed E-state index contributed by atoms with van der Waals surface area (Å²) in [6.07, 6.45) is 29.0. The quantitative estimate of drug-likeness (QED) is 0.0519. The topological polar surface area (TPSA) is 52.6 Å². The molecule has 4 rings (SSSR count). The third-order valence-electron chi connectivity index (χ3n) is 13.8. The van der Waals surface area contributed by atoms with E-state index in [1.54, 1.807) is 0 Å². The molecule has 4 nitrogen and oxygen atoms in total. The van der Waals surface area contributed by atoms with E-state index in [2.05, 4.69) is 72.7 Å². The number of Topliss-reactive ketones (excluding diaryl/α,β-unsaturated/α-hetero) is 2. The summed E-state index contributed by atoms with van der Waals surface area (Å²) in [4.78, 5) is 30.8. The minimum absolute atomic E-state index is 0.0640. The van der Waals surface area contributed by atoms with E-state index in [1.807, 2.05) is 18.2 Å². The Hall–Kier alpha value is -2.71. The van der Waals surface area contributed by atoms with Crippen molar-refractivity contribution in [3.05, 3.63) is 81.4 Å². The van der Waals surface area contributed by atoms with Crippen molar-refractivity contribution in [3.63, 3.8) is 0 Å². The summed E-state index contributed by atoms with van der Waals surface area (Å²) in [6.45, 7) is 15.8. The Balaban J connectivity index is 2.01. The molecule has 2 aliphatic carbocycles. The number of hydrogen-bond donors (Lipinski definition) is 0. The number of aryl methyl sites for hydroxylation is 1. The Bertz CT molecular complexity index is 1640. The standard InChI is InChI=1S/C55H88O4Si2/c1-8-14-20-28-38-60(39-29-21-15-9-2,40-30-22-16-10-3)58-54-47-35-27-26-34-46(47)52(56)50-51(54)53(57)49-44-45(7)36-37-48(49)55(50)59-61(41-31-23-17-11-4,42-32-24-18-12-5)43-33-25-19-13-6/h26-27,34-37,44H,8-25,28-33,38-43H2,1-7H3. The van der Waals surface area contributed by atoms with Crippen LogP contribution in [0.5, 0.6) is 0 Å². The Kier molecular flexibility index (Phi) is 22.9. The van der Waals surface area contributed by atoms with E-state index in [1.165, 1.54) is 154 Å². The number of fused-ring (bicyclic) bond motifs is 3. The van der Waals surface area contributed by atoms with Gasteiger partial charge in [0.15, 0.2) is 11.6 Å². The second-order valence-electron chi connectivity index (χ2n) is 19.1. The van der Waals surface area contributed by atoms with Gasteiger partial charge >= 0.3 is 0 Å². The third-order valence-corrected chi connectivity index (χ3v) is 22.7. The van der Waals surface area contributed by atoms with Gasteiger partial charge in [-0.05, 0) is 49.3 Å². The first-order chi connectivity index (χ1) is 29.7. The molecule has 0 unspecified atom stereocenters. The predicted octanol–water partition coefficient (Wildman–Crippen LogP) is 17.9. The number of rotatable bonds is 34. The largest absolute Gasteiger partial charge is 0.543 e. The number of carbonyl (C=O) groups excluding carboxylic acids is 2. The Morgan fingerprint density at radius 2 is 0.689 bits per heavy atom. The number of allylic oxidation sites excluding steroid dienone is 2. The molecule has 0 aliphatic heterocycles. The van der Waals surface area contributed by atoms with Gasteiger partial charge in [-0.2, -0.15) is 0 Å². The minimum atomic E-state index is -2.46. The SMILES string of the molecule is CCCCCC[Si](CCCCCC)(CCCCCC)OC1=C2C(=O)c3cc(C)ccc3C(O[Si](CCCCCC)(CCCCCC)CCCCCC)=C2C(=O)c2ccccc21. The number of hydrogen-bond acceptors (Lipinski definition) is 4. The number of unbranched alkanes of at least 4 members (excludes halogenated alkanes) is 18. The molecule has 6 heteroatoms. The molecule has 0 saturated heterocycles. The molecule has 0 atom stereocenters. The fourth-order valence-electron chi connectivity index (χ4n) is 10.1. The van der Waals surface area contributed by atoms with Crippen LogP contribution in [0.3, 0.4) is 0 Å². The molecule has 0 bridgehead atoms. The molecule has 2 aliphatic rings. The molecule has 0 aromatic heterocycles. The highest BCUT2D eigenvalue weighted by molar-refractivity contribution is 6.75. The van der Waals surface area contributed by atoms with Crippen LogP contribution in [0.15, 0.2) is 53.6 Å². The maximum atomic E-state index is 15.4. The number of carbonyl (C=O) groups is 2. The van der Waals surface area contributed by atoms with Crippen molar-refractivity contribution < 1.29 is 18.4 Å². The molecule has 0 amide bonds. The second-order valence-corrected chi connectivity index (χ2v) is 27.2. The lowest BCUT2D eigenvalue weighted by molar-refractivity contribution is 0.0988. The van der Waals surface area contributed by atoms with Gasteiger partial charge in [-0.15, -0.1) is 0 Å². The van der Waals surface area contributed by atoms with E-state index in [0.717, 1.165) is 53.0 Å². The normalized spacial score (nSPS) is 14.1. The first-order valence-corrected chi connectivity index (χ1v) is 31.0. The molecule has 61 heavy (non-hydrogen) atoms. The van der Waals surface area contributed by atoms with E-state index in [-0.39, 0.29) is 11.6 Å². The molecular weight excluding hydrogens is 781 g/mol. The lowest BCUT2D eigenvalue weighted by atomic mass is 9.76. The van der Waals surface area contributed by atoms with Gasteiger partial charge in [0.2, 0.25) is 0 Å². The summed E-state index contributed by atoms with van der Waals surface area (Å²) in [5.41, 5.74) is 5.00. The van der Waals surface area contributed by atoms with Crippen molar-refractivity contribution >= 4 is 39.7 Å². The molecule has 2 aromatic carbocycles. The van der Waals surface area contributed by atoms with Gasteiger partial charge in [0.25, 0.3) is 16.6 Å². The van der Waals surface area contributed by atoms with E-state index in [0.29, 0.717) is 33.8 Å². The average Bonchev–Trinajstić information content (AvgIpc) is 3.27. The average molecular weight is 869 g/mol. The fourth-order valence-corrected chi connectivity index (χ4v) is 18.8. The highest BCUT2D eigenvalue weighted by Gasteiger charge is 2.47. The summed E-state index contributed by atoms with van der Waals surface area (Å²) < 4.78 is 15.8. The van der Waals surface area contributed by atoms with Crippen molar-refractivity contribution in [1.82, 2.24) is 0 Å². The van der Waals surface area contributed by atoms with Gasteiger partial charge < -0.3 is 8.85 Å². The summed E-state index contributed by atoms with van der Waals surface area (Å²) in [5, 5.41) is 0. The molecule has 0 fully saturated rings.